The Morgan fingerprint density at radius 3 is 2.55 bits per heavy atom. The first-order valence-corrected chi connectivity index (χ1v) is 6.95. The maximum absolute atomic E-state index is 11.5. The Labute approximate surface area is 123 Å². The quantitative estimate of drug-likeness (QED) is 0.929. The molecule has 0 amide bonds. The maximum atomic E-state index is 11.5. The monoisotopic (exact) mass is 292 g/mol. The number of nitrogens with zero attached hydrogens (tertiary/aromatic N) is 2. The summed E-state index contributed by atoms with van der Waals surface area (Å²) in [6, 6.07) is 7.30. The van der Waals surface area contributed by atoms with Gasteiger partial charge in [-0.2, -0.15) is 5.10 Å². The number of hydrogen-bond acceptors (Lipinski definition) is 2. The lowest BCUT2D eigenvalue weighted by Gasteiger charge is -2.08. The van der Waals surface area contributed by atoms with Gasteiger partial charge in [-0.1, -0.05) is 44.5 Å². The summed E-state index contributed by atoms with van der Waals surface area (Å²) in [5.74, 6) is -0.904. The predicted octanol–water partition coefficient (Wildman–Crippen LogP) is 3.91. The summed E-state index contributed by atoms with van der Waals surface area (Å²) in [6.07, 6.45) is 0.576. The number of carboxylic acid groups (broad SMARTS) is 1. The molecule has 0 aliphatic carbocycles. The highest BCUT2D eigenvalue weighted by molar-refractivity contribution is 6.32. The van der Waals surface area contributed by atoms with E-state index in [4.69, 9.17) is 11.6 Å². The minimum atomic E-state index is -0.941. The van der Waals surface area contributed by atoms with E-state index in [0.717, 1.165) is 0 Å². The van der Waals surface area contributed by atoms with Crippen LogP contribution in [0.2, 0.25) is 5.02 Å². The van der Waals surface area contributed by atoms with E-state index in [1.54, 1.807) is 10.7 Å². The molecule has 0 unspecified atom stereocenters. The Hall–Kier alpha value is -1.81. The Morgan fingerprint density at radius 1 is 1.40 bits per heavy atom. The zero-order valence-corrected chi connectivity index (χ0v) is 12.5. The molecule has 0 bridgehead atoms. The van der Waals surface area contributed by atoms with Crippen molar-refractivity contribution in [1.82, 2.24) is 9.78 Å². The summed E-state index contributed by atoms with van der Waals surface area (Å²) in [5, 5.41) is 14.5. The van der Waals surface area contributed by atoms with E-state index in [1.165, 1.54) is 0 Å². The molecule has 2 aromatic rings. The largest absolute Gasteiger partial charge is 0.478 e. The maximum Gasteiger partial charge on any atom is 0.339 e. The molecule has 0 atom stereocenters. The number of halogens is 1. The van der Waals surface area contributed by atoms with Gasteiger partial charge in [0.05, 0.1) is 22.1 Å². The van der Waals surface area contributed by atoms with Gasteiger partial charge in [-0.05, 0) is 24.5 Å². The van der Waals surface area contributed by atoms with Crippen molar-refractivity contribution in [1.29, 1.82) is 0 Å². The van der Waals surface area contributed by atoms with Gasteiger partial charge in [-0.25, -0.2) is 9.48 Å². The highest BCUT2D eigenvalue weighted by atomic mass is 35.5. The van der Waals surface area contributed by atoms with Crippen LogP contribution in [0.3, 0.4) is 0 Å². The third-order valence-corrected chi connectivity index (χ3v) is 3.50. The van der Waals surface area contributed by atoms with E-state index in [0.29, 0.717) is 34.1 Å². The van der Waals surface area contributed by atoms with Gasteiger partial charge < -0.3 is 5.11 Å². The molecule has 106 valence electrons. The van der Waals surface area contributed by atoms with Crippen LogP contribution < -0.4 is 0 Å². The van der Waals surface area contributed by atoms with Gasteiger partial charge in [-0.15, -0.1) is 0 Å². The van der Waals surface area contributed by atoms with Crippen LogP contribution in [0.1, 0.15) is 48.4 Å². The molecule has 2 rings (SSSR count). The Bertz CT molecular complexity index is 647. The van der Waals surface area contributed by atoms with Crippen molar-refractivity contribution in [3.63, 3.8) is 0 Å². The number of benzene rings is 1. The number of aromatic carboxylic acids is 1. The second kappa shape index (κ2) is 5.67. The second-order valence-corrected chi connectivity index (χ2v) is 5.29. The number of para-hydroxylation sites is 1. The van der Waals surface area contributed by atoms with E-state index in [-0.39, 0.29) is 5.92 Å². The minimum Gasteiger partial charge on any atom is -0.478 e. The number of carbonyl (C=O) groups is 1. The Balaban J connectivity index is 2.75. The van der Waals surface area contributed by atoms with Crippen molar-refractivity contribution >= 4 is 17.6 Å². The fraction of sp³-hybridized carbons (Fsp3) is 0.333. The number of aromatic nitrogens is 2. The fourth-order valence-corrected chi connectivity index (χ4v) is 2.47. The first kappa shape index (κ1) is 14.6. The normalized spacial score (nSPS) is 11.1. The summed E-state index contributed by atoms with van der Waals surface area (Å²) in [6.45, 7) is 5.79. The lowest BCUT2D eigenvalue weighted by molar-refractivity contribution is 0.0694. The van der Waals surface area contributed by atoms with Gasteiger partial charge in [0, 0.05) is 0 Å². The first-order valence-electron chi connectivity index (χ1n) is 6.57. The van der Waals surface area contributed by atoms with Gasteiger partial charge in [-0.3, -0.25) is 0 Å². The summed E-state index contributed by atoms with van der Waals surface area (Å²) >= 11 is 6.20. The van der Waals surface area contributed by atoms with Crippen LogP contribution in [0, 0.1) is 0 Å². The summed E-state index contributed by atoms with van der Waals surface area (Å²) in [5.41, 5.74) is 2.27. The molecule has 1 aromatic carbocycles. The topological polar surface area (TPSA) is 55.1 Å². The third kappa shape index (κ3) is 2.43. The van der Waals surface area contributed by atoms with Crippen LogP contribution in [-0.2, 0) is 6.42 Å². The van der Waals surface area contributed by atoms with Gasteiger partial charge in [0.1, 0.15) is 5.56 Å². The first-order chi connectivity index (χ1) is 9.47. The molecule has 5 heteroatoms. The van der Waals surface area contributed by atoms with Gasteiger partial charge in [0.2, 0.25) is 0 Å². The van der Waals surface area contributed by atoms with Gasteiger partial charge in [0.15, 0.2) is 0 Å². The van der Waals surface area contributed by atoms with Crippen LogP contribution in [-0.4, -0.2) is 20.9 Å². The molecule has 1 aromatic heterocycles. The average molecular weight is 293 g/mol. The highest BCUT2D eigenvalue weighted by Crippen LogP contribution is 2.28. The molecule has 0 aliphatic heterocycles. The molecule has 0 saturated heterocycles. The van der Waals surface area contributed by atoms with E-state index < -0.39 is 5.97 Å². The lowest BCUT2D eigenvalue weighted by Crippen LogP contribution is -2.06. The van der Waals surface area contributed by atoms with Crippen molar-refractivity contribution < 1.29 is 9.90 Å². The van der Waals surface area contributed by atoms with E-state index >= 15 is 0 Å². The smallest absolute Gasteiger partial charge is 0.339 e. The summed E-state index contributed by atoms with van der Waals surface area (Å²) in [7, 11) is 0. The molecule has 0 aliphatic rings. The van der Waals surface area contributed by atoms with Crippen molar-refractivity contribution in [2.75, 3.05) is 0 Å². The summed E-state index contributed by atoms with van der Waals surface area (Å²) < 4.78 is 1.65. The lowest BCUT2D eigenvalue weighted by atomic mass is 10.0. The minimum absolute atomic E-state index is 0.0372. The van der Waals surface area contributed by atoms with E-state index in [1.807, 2.05) is 39.0 Å². The summed E-state index contributed by atoms with van der Waals surface area (Å²) in [4.78, 5) is 11.5. The van der Waals surface area contributed by atoms with Crippen LogP contribution in [0.15, 0.2) is 24.3 Å². The SMILES string of the molecule is CCc1c(C(=O)O)c(C(C)C)nn1-c1ccccc1Cl. The van der Waals surface area contributed by atoms with Gasteiger partial charge in [0.25, 0.3) is 0 Å². The van der Waals surface area contributed by atoms with E-state index in [9.17, 15) is 9.90 Å². The molecule has 0 spiro atoms. The van der Waals surface area contributed by atoms with E-state index in [2.05, 4.69) is 5.10 Å². The molecule has 0 fully saturated rings. The molecule has 1 heterocycles. The molecule has 0 saturated carbocycles. The van der Waals surface area contributed by atoms with Crippen LogP contribution in [0.5, 0.6) is 0 Å². The van der Waals surface area contributed by atoms with Crippen LogP contribution in [0.4, 0.5) is 0 Å². The van der Waals surface area contributed by atoms with Crippen molar-refractivity contribution in [2.45, 2.75) is 33.1 Å². The van der Waals surface area contributed by atoms with Crippen molar-refractivity contribution in [2.24, 2.45) is 0 Å². The number of carboxylic acids is 1. The number of hydrogen-bond donors (Lipinski definition) is 1. The van der Waals surface area contributed by atoms with Crippen molar-refractivity contribution in [3.8, 4) is 5.69 Å². The fourth-order valence-electron chi connectivity index (χ4n) is 2.26. The zero-order valence-electron chi connectivity index (χ0n) is 11.7. The highest BCUT2D eigenvalue weighted by Gasteiger charge is 2.25. The number of rotatable bonds is 4. The van der Waals surface area contributed by atoms with Crippen LogP contribution >= 0.6 is 11.6 Å². The Morgan fingerprint density at radius 2 is 2.05 bits per heavy atom. The Kier molecular flexibility index (Phi) is 4.14. The van der Waals surface area contributed by atoms with Crippen molar-refractivity contribution in [3.05, 3.63) is 46.2 Å². The predicted molar refractivity (Wildman–Crippen MR) is 79.0 cm³/mol. The zero-order chi connectivity index (χ0) is 14.9. The molecule has 20 heavy (non-hydrogen) atoms. The second-order valence-electron chi connectivity index (χ2n) is 4.88. The van der Waals surface area contributed by atoms with Gasteiger partial charge >= 0.3 is 5.97 Å². The average Bonchev–Trinajstić information content (AvgIpc) is 2.78. The molecule has 4 nitrogen and oxygen atoms in total. The van der Waals surface area contributed by atoms with Crippen LogP contribution in [0.25, 0.3) is 5.69 Å². The molecule has 0 radical (unpaired) electrons. The molecular weight excluding hydrogens is 276 g/mol. The molecule has 1 N–H and O–H groups in total. The molecular formula is C15H17ClN2O2. The standard InChI is InChI=1S/C15H17ClN2O2/c1-4-11-13(15(19)20)14(9(2)3)17-18(11)12-8-6-5-7-10(12)16/h5-9H,4H2,1-3H3,(H,19,20). The third-order valence-electron chi connectivity index (χ3n) is 3.18.